The summed E-state index contributed by atoms with van der Waals surface area (Å²) >= 11 is 3.81. The maximum atomic E-state index is 11.4. The van der Waals surface area contributed by atoms with E-state index in [0.29, 0.717) is 0 Å². The first-order chi connectivity index (χ1) is 7.88. The van der Waals surface area contributed by atoms with Crippen LogP contribution >= 0.6 is 12.6 Å². The Hall–Kier alpha value is -1.12. The molecule has 0 heterocycles. The van der Waals surface area contributed by atoms with Gasteiger partial charge in [-0.05, 0) is 6.42 Å². The molecule has 0 aromatic rings. The molecule has 0 rings (SSSR count). The first-order valence-corrected chi connectivity index (χ1v) is 5.58. The summed E-state index contributed by atoms with van der Waals surface area (Å²) in [6.07, 6.45) is -0.156. The van der Waals surface area contributed by atoms with E-state index in [1.807, 2.05) is 0 Å². The van der Waals surface area contributed by atoms with Crippen LogP contribution in [0.5, 0.6) is 0 Å². The third kappa shape index (κ3) is 6.93. The predicted octanol–water partition coefficient (Wildman–Crippen LogP) is -1.28. The Labute approximate surface area is 104 Å². The Bertz CT molecular complexity index is 297. The summed E-state index contributed by atoms with van der Waals surface area (Å²) in [6, 6.07) is -1.82. The molecule has 0 saturated heterocycles. The summed E-state index contributed by atoms with van der Waals surface area (Å²) in [6.45, 7) is -0.210. The second kappa shape index (κ2) is 8.04. The van der Waals surface area contributed by atoms with Crippen molar-refractivity contribution in [2.75, 3.05) is 12.3 Å². The SMILES string of the molecule is N[C@@H](CCC(=O)O)C(=O)CN[C@@H](CS)C(=O)O. The smallest absolute Gasteiger partial charge is 0.321 e. The molecule has 0 aliphatic rings. The number of Topliss-reactive ketones (excluding diaryl/α,β-unsaturated/α-hetero) is 1. The molecule has 0 radical (unpaired) electrons. The minimum absolute atomic E-state index is 0.0362. The summed E-state index contributed by atoms with van der Waals surface area (Å²) in [5.41, 5.74) is 5.45. The summed E-state index contributed by atoms with van der Waals surface area (Å²) in [4.78, 5) is 32.3. The van der Waals surface area contributed by atoms with Gasteiger partial charge in [-0.1, -0.05) is 0 Å². The number of thiol groups is 1. The standard InChI is InChI=1S/C9H16N2O5S/c10-5(1-2-8(13)14)7(12)3-11-6(4-17)9(15)16/h5-6,11,17H,1-4,10H2,(H,13,14)(H,15,16)/t5-,6-/m0/s1. The lowest BCUT2D eigenvalue weighted by Gasteiger charge is -2.13. The molecule has 0 aromatic carbocycles. The van der Waals surface area contributed by atoms with Crippen molar-refractivity contribution in [3.8, 4) is 0 Å². The Morgan fingerprint density at radius 1 is 1.29 bits per heavy atom. The van der Waals surface area contributed by atoms with Crippen LogP contribution in [-0.4, -0.2) is 52.3 Å². The minimum atomic E-state index is -1.10. The first kappa shape index (κ1) is 15.9. The normalized spacial score (nSPS) is 14.0. The highest BCUT2D eigenvalue weighted by Gasteiger charge is 2.19. The molecule has 0 aliphatic carbocycles. The number of carbonyl (C=O) groups excluding carboxylic acids is 1. The number of hydrogen-bond acceptors (Lipinski definition) is 6. The van der Waals surface area contributed by atoms with E-state index in [1.165, 1.54) is 0 Å². The molecule has 0 saturated carbocycles. The van der Waals surface area contributed by atoms with Crippen LogP contribution < -0.4 is 11.1 Å². The van der Waals surface area contributed by atoms with Crippen LogP contribution in [0.4, 0.5) is 0 Å². The molecule has 0 fully saturated rings. The minimum Gasteiger partial charge on any atom is -0.481 e. The number of carbonyl (C=O) groups is 3. The number of ketones is 1. The lowest BCUT2D eigenvalue weighted by Crippen LogP contribution is -2.45. The third-order valence-corrected chi connectivity index (χ3v) is 2.45. The summed E-state index contributed by atoms with van der Waals surface area (Å²) < 4.78 is 0. The fourth-order valence-corrected chi connectivity index (χ4v) is 1.31. The number of carboxylic acid groups (broad SMARTS) is 2. The molecule has 98 valence electrons. The number of hydrogen-bond donors (Lipinski definition) is 5. The van der Waals surface area contributed by atoms with E-state index in [0.717, 1.165) is 0 Å². The van der Waals surface area contributed by atoms with E-state index in [9.17, 15) is 14.4 Å². The van der Waals surface area contributed by atoms with Crippen LogP contribution in [0.2, 0.25) is 0 Å². The average molecular weight is 264 g/mol. The predicted molar refractivity (Wildman–Crippen MR) is 63.1 cm³/mol. The molecule has 2 atom stereocenters. The van der Waals surface area contributed by atoms with E-state index in [1.54, 1.807) is 0 Å². The van der Waals surface area contributed by atoms with Gasteiger partial charge in [0.25, 0.3) is 0 Å². The van der Waals surface area contributed by atoms with Crippen molar-refractivity contribution < 1.29 is 24.6 Å². The van der Waals surface area contributed by atoms with Gasteiger partial charge >= 0.3 is 11.9 Å². The maximum absolute atomic E-state index is 11.4. The van der Waals surface area contributed by atoms with Crippen LogP contribution in [-0.2, 0) is 14.4 Å². The van der Waals surface area contributed by atoms with Gasteiger partial charge in [0.05, 0.1) is 12.6 Å². The van der Waals surface area contributed by atoms with Crippen molar-refractivity contribution >= 4 is 30.4 Å². The van der Waals surface area contributed by atoms with E-state index in [4.69, 9.17) is 15.9 Å². The average Bonchev–Trinajstić information content (AvgIpc) is 2.25. The molecule has 17 heavy (non-hydrogen) atoms. The van der Waals surface area contributed by atoms with E-state index in [2.05, 4.69) is 17.9 Å². The Kier molecular flexibility index (Phi) is 7.51. The second-order valence-corrected chi connectivity index (χ2v) is 3.82. The zero-order valence-electron chi connectivity index (χ0n) is 9.13. The topological polar surface area (TPSA) is 130 Å². The molecular weight excluding hydrogens is 248 g/mol. The first-order valence-electron chi connectivity index (χ1n) is 4.95. The Balaban J connectivity index is 3.99. The van der Waals surface area contributed by atoms with Gasteiger partial charge in [0.2, 0.25) is 0 Å². The Morgan fingerprint density at radius 3 is 2.29 bits per heavy atom. The molecule has 7 nitrogen and oxygen atoms in total. The molecule has 0 spiro atoms. The van der Waals surface area contributed by atoms with Gasteiger partial charge in [-0.25, -0.2) is 0 Å². The van der Waals surface area contributed by atoms with E-state index < -0.39 is 29.8 Å². The van der Waals surface area contributed by atoms with Crippen LogP contribution in [0.15, 0.2) is 0 Å². The van der Waals surface area contributed by atoms with E-state index in [-0.39, 0.29) is 25.1 Å². The number of aliphatic carboxylic acids is 2. The molecule has 0 amide bonds. The quantitative estimate of drug-likeness (QED) is 0.328. The number of carboxylic acids is 2. The highest BCUT2D eigenvalue weighted by Crippen LogP contribution is 1.96. The number of nitrogens with one attached hydrogen (secondary N) is 1. The van der Waals surface area contributed by atoms with Gasteiger partial charge < -0.3 is 15.9 Å². The van der Waals surface area contributed by atoms with Crippen LogP contribution in [0.1, 0.15) is 12.8 Å². The molecule has 0 aromatic heterocycles. The molecule has 0 unspecified atom stereocenters. The van der Waals surface area contributed by atoms with Crippen molar-refractivity contribution in [2.24, 2.45) is 5.73 Å². The van der Waals surface area contributed by atoms with Gasteiger partial charge in [-0.2, -0.15) is 12.6 Å². The largest absolute Gasteiger partial charge is 0.481 e. The maximum Gasteiger partial charge on any atom is 0.321 e. The summed E-state index contributed by atoms with van der Waals surface area (Å²) in [7, 11) is 0. The zero-order chi connectivity index (χ0) is 13.4. The van der Waals surface area contributed by atoms with Crippen molar-refractivity contribution in [3.05, 3.63) is 0 Å². The number of rotatable bonds is 9. The number of nitrogens with two attached hydrogens (primary N) is 1. The van der Waals surface area contributed by atoms with Gasteiger partial charge in [-0.3, -0.25) is 19.7 Å². The summed E-state index contributed by atoms with van der Waals surface area (Å²) in [5.74, 6) is -2.50. The highest BCUT2D eigenvalue weighted by atomic mass is 32.1. The van der Waals surface area contributed by atoms with Crippen molar-refractivity contribution in [3.63, 3.8) is 0 Å². The molecule has 0 bridgehead atoms. The van der Waals surface area contributed by atoms with Crippen LogP contribution in [0.3, 0.4) is 0 Å². The molecule has 0 aliphatic heterocycles. The third-order valence-electron chi connectivity index (χ3n) is 2.09. The molecular formula is C9H16N2O5S. The highest BCUT2D eigenvalue weighted by molar-refractivity contribution is 7.80. The van der Waals surface area contributed by atoms with Crippen molar-refractivity contribution in [2.45, 2.75) is 24.9 Å². The fourth-order valence-electron chi connectivity index (χ4n) is 1.02. The van der Waals surface area contributed by atoms with Gasteiger partial charge in [-0.15, -0.1) is 0 Å². The molecule has 8 heteroatoms. The Morgan fingerprint density at radius 2 is 1.88 bits per heavy atom. The fraction of sp³-hybridized carbons (Fsp3) is 0.667. The van der Waals surface area contributed by atoms with Gasteiger partial charge in [0.1, 0.15) is 6.04 Å². The zero-order valence-corrected chi connectivity index (χ0v) is 10.0. The van der Waals surface area contributed by atoms with Crippen LogP contribution in [0, 0.1) is 0 Å². The lowest BCUT2D eigenvalue weighted by atomic mass is 10.1. The second-order valence-electron chi connectivity index (χ2n) is 3.46. The molecule has 5 N–H and O–H groups in total. The van der Waals surface area contributed by atoms with Gasteiger partial charge in [0.15, 0.2) is 5.78 Å². The van der Waals surface area contributed by atoms with E-state index >= 15 is 0 Å². The lowest BCUT2D eigenvalue weighted by molar-refractivity contribution is -0.139. The van der Waals surface area contributed by atoms with Crippen LogP contribution in [0.25, 0.3) is 0 Å². The monoisotopic (exact) mass is 264 g/mol. The summed E-state index contributed by atoms with van der Waals surface area (Å²) in [5, 5.41) is 19.6. The van der Waals surface area contributed by atoms with Crippen molar-refractivity contribution in [1.29, 1.82) is 0 Å². The van der Waals surface area contributed by atoms with Crippen molar-refractivity contribution in [1.82, 2.24) is 5.32 Å². The van der Waals surface area contributed by atoms with Gasteiger partial charge in [0, 0.05) is 12.2 Å².